The van der Waals surface area contributed by atoms with E-state index in [0.717, 1.165) is 54.5 Å². The maximum Gasteiger partial charge on any atom is 0.351 e. The fourth-order valence-electron chi connectivity index (χ4n) is 5.07. The molecule has 0 bridgehead atoms. The first-order valence-corrected chi connectivity index (χ1v) is 12.5. The number of pyridine rings is 1. The zero-order chi connectivity index (χ0) is 24.5. The quantitative estimate of drug-likeness (QED) is 0.570. The Morgan fingerprint density at radius 1 is 1.19 bits per heavy atom. The van der Waals surface area contributed by atoms with E-state index in [-0.39, 0.29) is 29.8 Å². The van der Waals surface area contributed by atoms with Gasteiger partial charge in [-0.3, -0.25) is 4.57 Å². The van der Waals surface area contributed by atoms with E-state index < -0.39 is 0 Å². The van der Waals surface area contributed by atoms with Crippen LogP contribution in [0, 0.1) is 11.8 Å². The van der Waals surface area contributed by atoms with Crippen LogP contribution >= 0.6 is 0 Å². The van der Waals surface area contributed by atoms with E-state index in [9.17, 15) is 4.79 Å². The largest absolute Gasteiger partial charge is 0.484 e. The minimum atomic E-state index is -0.378. The maximum atomic E-state index is 12.8. The summed E-state index contributed by atoms with van der Waals surface area (Å²) in [5.41, 5.74) is 9.68. The molecule has 8 nitrogen and oxygen atoms in total. The molecule has 0 spiro atoms. The Balaban J connectivity index is 1.20. The van der Waals surface area contributed by atoms with Crippen molar-refractivity contribution in [2.45, 2.75) is 56.7 Å². The first kappa shape index (κ1) is 22.6. The SMILES string of the molecule is NC1(C#Cc2ccc3c(c2)CCn2c-3cc(OCC3COc4cccnc4O3)nc2=O)CCCCC1. The summed E-state index contributed by atoms with van der Waals surface area (Å²) in [6, 6.07) is 11.6. The van der Waals surface area contributed by atoms with Crippen molar-refractivity contribution in [3.8, 4) is 40.6 Å². The molecule has 2 N–H and O–H groups in total. The minimum Gasteiger partial charge on any atom is -0.484 e. The van der Waals surface area contributed by atoms with Crippen LogP contribution in [0.5, 0.6) is 17.5 Å². The average molecular weight is 485 g/mol. The van der Waals surface area contributed by atoms with Gasteiger partial charge in [-0.25, -0.2) is 9.78 Å². The van der Waals surface area contributed by atoms with Crippen LogP contribution in [0.3, 0.4) is 0 Å². The fraction of sp³-hybridized carbons (Fsp3) is 0.393. The predicted octanol–water partition coefficient (Wildman–Crippen LogP) is 3.09. The van der Waals surface area contributed by atoms with Gasteiger partial charge in [0.2, 0.25) is 5.88 Å². The van der Waals surface area contributed by atoms with E-state index >= 15 is 0 Å². The predicted molar refractivity (Wildman–Crippen MR) is 134 cm³/mol. The second-order valence-electron chi connectivity index (χ2n) is 9.67. The van der Waals surface area contributed by atoms with Crippen molar-refractivity contribution < 1.29 is 14.2 Å². The van der Waals surface area contributed by atoms with Gasteiger partial charge >= 0.3 is 5.69 Å². The topological polar surface area (TPSA) is 101 Å². The van der Waals surface area contributed by atoms with Crippen molar-refractivity contribution in [3.05, 3.63) is 64.2 Å². The number of hydrogen-bond donors (Lipinski definition) is 1. The third-order valence-electron chi connectivity index (χ3n) is 7.03. The summed E-state index contributed by atoms with van der Waals surface area (Å²) in [6.07, 6.45) is 7.48. The Hall–Kier alpha value is -3.83. The number of benzene rings is 1. The van der Waals surface area contributed by atoms with E-state index in [1.54, 1.807) is 16.8 Å². The molecule has 2 aromatic heterocycles. The molecule has 8 heteroatoms. The van der Waals surface area contributed by atoms with E-state index in [2.05, 4.69) is 27.9 Å². The van der Waals surface area contributed by atoms with Gasteiger partial charge in [-0.2, -0.15) is 4.98 Å². The number of aryl methyl sites for hydroxylation is 1. The zero-order valence-corrected chi connectivity index (χ0v) is 20.0. The van der Waals surface area contributed by atoms with Crippen LogP contribution in [0.1, 0.15) is 43.2 Å². The van der Waals surface area contributed by atoms with Gasteiger partial charge in [-0.15, -0.1) is 0 Å². The van der Waals surface area contributed by atoms with Crippen LogP contribution in [-0.2, 0) is 13.0 Å². The normalized spacial score (nSPS) is 19.3. The molecule has 3 aromatic rings. The van der Waals surface area contributed by atoms with Crippen LogP contribution in [0.2, 0.25) is 0 Å². The number of rotatable bonds is 3. The van der Waals surface area contributed by atoms with Crippen LogP contribution in [-0.4, -0.2) is 39.4 Å². The van der Waals surface area contributed by atoms with Crippen molar-refractivity contribution in [3.63, 3.8) is 0 Å². The van der Waals surface area contributed by atoms with E-state index in [1.165, 1.54) is 6.42 Å². The lowest BCUT2D eigenvalue weighted by Crippen LogP contribution is -2.40. The number of nitrogens with two attached hydrogens (primary N) is 1. The highest BCUT2D eigenvalue weighted by Gasteiger charge is 2.26. The molecule has 0 saturated heterocycles. The third kappa shape index (κ3) is 4.54. The molecule has 0 radical (unpaired) electrons. The van der Waals surface area contributed by atoms with Gasteiger partial charge < -0.3 is 19.9 Å². The monoisotopic (exact) mass is 484 g/mol. The molecule has 1 aromatic carbocycles. The smallest absolute Gasteiger partial charge is 0.351 e. The van der Waals surface area contributed by atoms with Gasteiger partial charge in [-0.05, 0) is 49.1 Å². The molecule has 1 aliphatic carbocycles. The molecule has 1 fully saturated rings. The fourth-order valence-corrected chi connectivity index (χ4v) is 5.07. The number of hydrogen-bond acceptors (Lipinski definition) is 7. The van der Waals surface area contributed by atoms with Gasteiger partial charge in [0.15, 0.2) is 11.9 Å². The average Bonchev–Trinajstić information content (AvgIpc) is 2.91. The van der Waals surface area contributed by atoms with Gasteiger partial charge in [0, 0.05) is 29.9 Å². The molecule has 36 heavy (non-hydrogen) atoms. The molecule has 1 unspecified atom stereocenters. The Bertz CT molecular complexity index is 1420. The lowest BCUT2D eigenvalue weighted by molar-refractivity contribution is 0.0473. The summed E-state index contributed by atoms with van der Waals surface area (Å²) in [6.45, 7) is 1.08. The van der Waals surface area contributed by atoms with Crippen molar-refractivity contribution in [2.75, 3.05) is 13.2 Å². The Morgan fingerprint density at radius 3 is 2.97 bits per heavy atom. The second kappa shape index (κ2) is 9.32. The maximum absolute atomic E-state index is 12.8. The summed E-state index contributed by atoms with van der Waals surface area (Å²) in [5, 5.41) is 0. The molecule has 2 aliphatic heterocycles. The molecular formula is C28H28N4O4. The van der Waals surface area contributed by atoms with Crippen LogP contribution in [0.4, 0.5) is 0 Å². The van der Waals surface area contributed by atoms with E-state index in [4.69, 9.17) is 19.9 Å². The zero-order valence-electron chi connectivity index (χ0n) is 20.0. The van der Waals surface area contributed by atoms with Crippen molar-refractivity contribution in [1.29, 1.82) is 0 Å². The van der Waals surface area contributed by atoms with Crippen LogP contribution < -0.4 is 25.6 Å². The van der Waals surface area contributed by atoms with E-state index in [1.807, 2.05) is 24.3 Å². The molecular weight excluding hydrogens is 456 g/mol. The molecule has 6 rings (SSSR count). The number of fused-ring (bicyclic) bond motifs is 4. The Morgan fingerprint density at radius 2 is 2.08 bits per heavy atom. The van der Waals surface area contributed by atoms with Gasteiger partial charge in [0.25, 0.3) is 5.88 Å². The summed E-state index contributed by atoms with van der Waals surface area (Å²) in [5.74, 6) is 7.95. The highest BCUT2D eigenvalue weighted by Crippen LogP contribution is 2.32. The molecule has 1 atom stereocenters. The van der Waals surface area contributed by atoms with Crippen LogP contribution in [0.15, 0.2) is 47.4 Å². The Labute approximate surface area is 209 Å². The van der Waals surface area contributed by atoms with Gasteiger partial charge in [0.05, 0.1) is 11.2 Å². The summed E-state index contributed by atoms with van der Waals surface area (Å²) < 4.78 is 19.1. The minimum absolute atomic E-state index is 0.189. The van der Waals surface area contributed by atoms with Gasteiger partial charge in [0.1, 0.15) is 13.2 Å². The molecule has 0 amide bonds. The van der Waals surface area contributed by atoms with Crippen LogP contribution in [0.25, 0.3) is 11.3 Å². The first-order valence-electron chi connectivity index (χ1n) is 12.5. The second-order valence-corrected chi connectivity index (χ2v) is 9.67. The number of ether oxygens (including phenoxy) is 3. The van der Waals surface area contributed by atoms with E-state index in [0.29, 0.717) is 24.8 Å². The highest BCUT2D eigenvalue weighted by atomic mass is 16.6. The third-order valence-corrected chi connectivity index (χ3v) is 7.03. The summed E-state index contributed by atoms with van der Waals surface area (Å²) >= 11 is 0. The first-order chi connectivity index (χ1) is 17.6. The number of nitrogens with zero attached hydrogens (tertiary/aromatic N) is 3. The van der Waals surface area contributed by atoms with Gasteiger partial charge in [-0.1, -0.05) is 37.2 Å². The highest BCUT2D eigenvalue weighted by molar-refractivity contribution is 5.68. The van der Waals surface area contributed by atoms with Crippen molar-refractivity contribution in [2.24, 2.45) is 5.73 Å². The summed E-state index contributed by atoms with van der Waals surface area (Å²) in [4.78, 5) is 21.1. The molecule has 184 valence electrons. The lowest BCUT2D eigenvalue weighted by atomic mass is 9.83. The summed E-state index contributed by atoms with van der Waals surface area (Å²) in [7, 11) is 0. The molecule has 4 heterocycles. The molecule has 1 saturated carbocycles. The standard InChI is InChI=1S/C28H28N4O4/c29-28(10-2-1-3-11-28)12-8-19-6-7-22-20(15-19)9-14-32-23(22)16-25(31-27(32)33)35-18-21-17-34-24-5-4-13-30-26(24)36-21/h4-7,13,15-16,21H,1-3,9-11,14,17-18,29H2. The Kier molecular flexibility index (Phi) is 5.86. The lowest BCUT2D eigenvalue weighted by Gasteiger charge is -2.27. The molecule has 3 aliphatic rings. The number of aromatic nitrogens is 3. The van der Waals surface area contributed by atoms with Crippen molar-refractivity contribution >= 4 is 0 Å². The van der Waals surface area contributed by atoms with Crippen molar-refractivity contribution in [1.82, 2.24) is 14.5 Å².